The number of nitrogens with zero attached hydrogens (tertiary/aromatic N) is 2. The van der Waals surface area contributed by atoms with Crippen molar-refractivity contribution in [1.29, 1.82) is 0 Å². The number of nitrogens with one attached hydrogen (secondary N) is 1. The summed E-state index contributed by atoms with van der Waals surface area (Å²) in [5.74, 6) is -0.877. The Kier molecular flexibility index (Phi) is 5.71. The fourth-order valence-corrected chi connectivity index (χ4v) is 2.70. The van der Waals surface area contributed by atoms with Gasteiger partial charge in [-0.25, -0.2) is 9.97 Å². The van der Waals surface area contributed by atoms with Gasteiger partial charge in [0, 0.05) is 6.54 Å². The van der Waals surface area contributed by atoms with Crippen molar-refractivity contribution in [3.8, 4) is 17.2 Å². The quantitative estimate of drug-likeness (QED) is 0.651. The van der Waals surface area contributed by atoms with E-state index in [-0.39, 0.29) is 12.3 Å². The number of amides is 1. The van der Waals surface area contributed by atoms with Crippen molar-refractivity contribution in [2.45, 2.75) is 12.6 Å². The molecular weight excluding hydrogens is 389 g/mol. The lowest BCUT2D eigenvalue weighted by Crippen LogP contribution is -2.29. The lowest BCUT2D eigenvalue weighted by molar-refractivity contribution is -0.140. The first-order valence-electron chi connectivity index (χ1n) is 8.50. The van der Waals surface area contributed by atoms with Crippen LogP contribution >= 0.6 is 0 Å². The van der Waals surface area contributed by atoms with Crippen LogP contribution in [-0.2, 0) is 12.6 Å². The van der Waals surface area contributed by atoms with Gasteiger partial charge in [-0.3, -0.25) is 4.79 Å². The van der Waals surface area contributed by atoms with Crippen LogP contribution < -0.4 is 15.8 Å². The van der Waals surface area contributed by atoms with Gasteiger partial charge in [-0.1, -0.05) is 18.2 Å². The number of para-hydroxylation sites is 1. The number of carbonyl (C=O) groups is 1. The first-order valence-corrected chi connectivity index (χ1v) is 8.50. The average Bonchev–Trinajstić information content (AvgIpc) is 3.22. The van der Waals surface area contributed by atoms with Crippen molar-refractivity contribution in [3.05, 3.63) is 59.6 Å². The van der Waals surface area contributed by atoms with E-state index in [0.717, 1.165) is 5.56 Å². The Hall–Kier alpha value is -3.56. The molecule has 7 nitrogen and oxygen atoms in total. The highest BCUT2D eigenvalue weighted by Crippen LogP contribution is 2.35. The maximum atomic E-state index is 13.3. The topological polar surface area (TPSA) is 103 Å². The van der Waals surface area contributed by atoms with Crippen molar-refractivity contribution in [2.24, 2.45) is 0 Å². The van der Waals surface area contributed by atoms with Gasteiger partial charge in [0.15, 0.2) is 23.0 Å². The molecule has 0 saturated carbocycles. The molecule has 3 N–H and O–H groups in total. The van der Waals surface area contributed by atoms with Crippen molar-refractivity contribution < 1.29 is 27.1 Å². The van der Waals surface area contributed by atoms with Crippen LogP contribution in [-0.4, -0.2) is 29.5 Å². The first kappa shape index (κ1) is 20.2. The summed E-state index contributed by atoms with van der Waals surface area (Å²) in [5, 5.41) is 2.58. The predicted molar refractivity (Wildman–Crippen MR) is 98.2 cm³/mol. The van der Waals surface area contributed by atoms with Gasteiger partial charge in [0.25, 0.3) is 5.91 Å². The minimum Gasteiger partial charge on any atom is -0.496 e. The highest BCUT2D eigenvalue weighted by molar-refractivity contribution is 5.96. The van der Waals surface area contributed by atoms with Crippen LogP contribution in [0.4, 0.5) is 19.0 Å². The molecule has 0 saturated heterocycles. The van der Waals surface area contributed by atoms with Gasteiger partial charge in [0.1, 0.15) is 11.4 Å². The Morgan fingerprint density at radius 3 is 2.62 bits per heavy atom. The van der Waals surface area contributed by atoms with Crippen LogP contribution in [0.15, 0.2) is 47.1 Å². The van der Waals surface area contributed by atoms with Gasteiger partial charge < -0.3 is 20.2 Å². The van der Waals surface area contributed by atoms with Crippen molar-refractivity contribution >= 4 is 11.7 Å². The molecule has 0 atom stereocenters. The highest BCUT2D eigenvalue weighted by atomic mass is 19.4. The second-order valence-electron chi connectivity index (χ2n) is 5.95. The molecular formula is C19H17F3N4O3. The molecule has 0 aliphatic rings. The summed E-state index contributed by atoms with van der Waals surface area (Å²) in [5.41, 5.74) is 4.10. The van der Waals surface area contributed by atoms with Gasteiger partial charge in [-0.05, 0) is 30.2 Å². The van der Waals surface area contributed by atoms with Crippen molar-refractivity contribution in [2.75, 3.05) is 19.4 Å². The molecule has 0 spiro atoms. The van der Waals surface area contributed by atoms with E-state index in [1.54, 1.807) is 6.07 Å². The number of aromatic nitrogens is 2. The molecule has 10 heteroatoms. The molecule has 0 unspecified atom stereocenters. The molecule has 29 heavy (non-hydrogen) atoms. The Labute approximate surface area is 163 Å². The number of rotatable bonds is 6. The number of furan rings is 1. The fraction of sp³-hybridized carbons (Fsp3) is 0.211. The van der Waals surface area contributed by atoms with Gasteiger partial charge >= 0.3 is 6.18 Å². The predicted octanol–water partition coefficient (Wildman–Crippen LogP) is 3.32. The third kappa shape index (κ3) is 4.48. The molecule has 3 aromatic rings. The number of halogens is 3. The molecule has 0 bridgehead atoms. The van der Waals surface area contributed by atoms with Crippen LogP contribution in [0.25, 0.3) is 11.5 Å². The van der Waals surface area contributed by atoms with Crippen molar-refractivity contribution in [1.82, 2.24) is 15.3 Å². The van der Waals surface area contributed by atoms with Gasteiger partial charge in [-0.15, -0.1) is 0 Å². The SMILES string of the molecule is COc1ccccc1CCNC(=O)c1nc(-c2ccco2)c(C(F)(F)F)nc1N. The number of carbonyl (C=O) groups excluding carboxylic acids is 1. The summed E-state index contributed by atoms with van der Waals surface area (Å²) in [7, 11) is 1.53. The molecule has 152 valence electrons. The summed E-state index contributed by atoms with van der Waals surface area (Å²) in [6.07, 6.45) is -3.18. The van der Waals surface area contributed by atoms with E-state index in [4.69, 9.17) is 14.9 Å². The van der Waals surface area contributed by atoms with Crippen LogP contribution in [0, 0.1) is 0 Å². The first-order chi connectivity index (χ1) is 13.8. The number of hydrogen-bond donors (Lipinski definition) is 2. The van der Waals surface area contributed by atoms with Crippen LogP contribution in [0.1, 0.15) is 21.7 Å². The number of hydrogen-bond acceptors (Lipinski definition) is 6. The molecule has 2 aromatic heterocycles. The molecule has 1 aromatic carbocycles. The normalized spacial score (nSPS) is 11.3. The van der Waals surface area contributed by atoms with Crippen LogP contribution in [0.3, 0.4) is 0 Å². The minimum atomic E-state index is -4.82. The molecule has 1 amide bonds. The fourth-order valence-electron chi connectivity index (χ4n) is 2.70. The zero-order valence-corrected chi connectivity index (χ0v) is 15.3. The second-order valence-corrected chi connectivity index (χ2v) is 5.95. The summed E-state index contributed by atoms with van der Waals surface area (Å²) in [6.45, 7) is 0.192. The van der Waals surface area contributed by atoms with E-state index in [1.165, 1.54) is 25.5 Å². The van der Waals surface area contributed by atoms with E-state index >= 15 is 0 Å². The third-order valence-electron chi connectivity index (χ3n) is 4.03. The largest absolute Gasteiger partial charge is 0.496 e. The van der Waals surface area contributed by atoms with Crippen LogP contribution in [0.5, 0.6) is 5.75 Å². The third-order valence-corrected chi connectivity index (χ3v) is 4.03. The van der Waals surface area contributed by atoms with Gasteiger partial charge in [0.2, 0.25) is 0 Å². The van der Waals surface area contributed by atoms with Crippen LogP contribution in [0.2, 0.25) is 0 Å². The van der Waals surface area contributed by atoms with E-state index in [2.05, 4.69) is 15.3 Å². The number of nitrogen functional groups attached to an aromatic ring is 1. The minimum absolute atomic E-state index is 0.173. The number of benzene rings is 1. The zero-order valence-electron chi connectivity index (χ0n) is 15.3. The Morgan fingerprint density at radius 1 is 1.21 bits per heavy atom. The Bertz CT molecular complexity index is 1000. The lowest BCUT2D eigenvalue weighted by Gasteiger charge is -2.13. The number of alkyl halides is 3. The summed E-state index contributed by atoms with van der Waals surface area (Å²) >= 11 is 0. The molecule has 0 fully saturated rings. The van der Waals surface area contributed by atoms with E-state index in [0.29, 0.717) is 12.2 Å². The van der Waals surface area contributed by atoms with E-state index in [1.807, 2.05) is 18.2 Å². The molecule has 2 heterocycles. The van der Waals surface area contributed by atoms with E-state index in [9.17, 15) is 18.0 Å². The zero-order chi connectivity index (χ0) is 21.0. The second kappa shape index (κ2) is 8.21. The average molecular weight is 406 g/mol. The lowest BCUT2D eigenvalue weighted by atomic mass is 10.1. The van der Waals surface area contributed by atoms with Crippen molar-refractivity contribution in [3.63, 3.8) is 0 Å². The molecule has 3 rings (SSSR count). The number of methoxy groups -OCH3 is 1. The number of anilines is 1. The smallest absolute Gasteiger partial charge is 0.435 e. The standard InChI is InChI=1S/C19H17F3N4O3/c1-28-12-6-3-2-5-11(12)8-9-24-18(27)15-17(23)26-16(19(20,21)22)14(25-15)13-7-4-10-29-13/h2-7,10H,8-9H2,1H3,(H2,23,26)(H,24,27). The summed E-state index contributed by atoms with van der Waals surface area (Å²) in [6, 6.07) is 9.96. The summed E-state index contributed by atoms with van der Waals surface area (Å²) < 4.78 is 50.2. The highest BCUT2D eigenvalue weighted by Gasteiger charge is 2.39. The maximum absolute atomic E-state index is 13.3. The number of nitrogens with two attached hydrogens (primary N) is 1. The molecule has 0 radical (unpaired) electrons. The molecule has 0 aliphatic heterocycles. The number of ether oxygens (including phenoxy) is 1. The summed E-state index contributed by atoms with van der Waals surface area (Å²) in [4.78, 5) is 19.6. The molecule has 0 aliphatic carbocycles. The monoisotopic (exact) mass is 406 g/mol. The van der Waals surface area contributed by atoms with Gasteiger partial charge in [-0.2, -0.15) is 13.2 Å². The maximum Gasteiger partial charge on any atom is 0.435 e. The van der Waals surface area contributed by atoms with E-state index < -0.39 is 35.0 Å². The van der Waals surface area contributed by atoms with Gasteiger partial charge in [0.05, 0.1) is 13.4 Å². The Balaban J connectivity index is 1.82. The Morgan fingerprint density at radius 2 is 1.97 bits per heavy atom.